The number of benzene rings is 2. The number of aromatic nitrogens is 2. The summed E-state index contributed by atoms with van der Waals surface area (Å²) >= 11 is 2.80. The number of hydrogen-bond acceptors (Lipinski definition) is 7. The Morgan fingerprint density at radius 1 is 1.09 bits per heavy atom. The van der Waals surface area contributed by atoms with Crippen LogP contribution in [0.1, 0.15) is 16.8 Å². The van der Waals surface area contributed by atoms with Crippen molar-refractivity contribution in [1.29, 1.82) is 0 Å². The molecule has 4 N–H and O–H groups in total. The van der Waals surface area contributed by atoms with Gasteiger partial charge in [0.15, 0.2) is 10.9 Å². The highest BCUT2D eigenvalue weighted by Gasteiger charge is 2.14. The first kappa shape index (κ1) is 20.5. The number of nitrogen functional groups attached to an aromatic ring is 1. The van der Waals surface area contributed by atoms with Gasteiger partial charge in [-0.15, -0.1) is 11.3 Å². The Hall–Kier alpha value is -3.40. The molecule has 0 amide bonds. The Morgan fingerprint density at radius 3 is 2.78 bits per heavy atom. The smallest absolute Gasteiger partial charge is 0.189 e. The summed E-state index contributed by atoms with van der Waals surface area (Å²) in [7, 11) is 0. The van der Waals surface area contributed by atoms with Crippen molar-refractivity contribution in [3.63, 3.8) is 0 Å². The van der Waals surface area contributed by atoms with E-state index < -0.39 is 11.6 Å². The molecule has 160 valence electrons. The molecule has 32 heavy (non-hydrogen) atoms. The fraction of sp³-hybridized carbons (Fsp3) is 0.0435. The van der Waals surface area contributed by atoms with Crippen LogP contribution in [-0.4, -0.2) is 9.97 Å². The number of thiazole rings is 1. The molecule has 0 saturated carbocycles. The van der Waals surface area contributed by atoms with Crippen LogP contribution >= 0.6 is 22.7 Å². The first-order chi connectivity index (χ1) is 15.5. The predicted molar refractivity (Wildman–Crippen MR) is 130 cm³/mol. The van der Waals surface area contributed by atoms with Crippen molar-refractivity contribution in [1.82, 2.24) is 9.97 Å². The summed E-state index contributed by atoms with van der Waals surface area (Å²) in [6, 6.07) is 12.0. The van der Waals surface area contributed by atoms with Gasteiger partial charge in [-0.1, -0.05) is 30.1 Å². The first-order valence-electron chi connectivity index (χ1n) is 9.66. The zero-order chi connectivity index (χ0) is 22.2. The minimum Gasteiger partial charge on any atom is -0.324 e. The molecule has 0 aliphatic carbocycles. The highest BCUT2D eigenvalue weighted by atomic mass is 32.1. The fourth-order valence-electron chi connectivity index (χ4n) is 3.56. The molecule has 5 aromatic rings. The summed E-state index contributed by atoms with van der Waals surface area (Å²) in [6.07, 6.45) is 2.36. The Kier molecular flexibility index (Phi) is 5.30. The van der Waals surface area contributed by atoms with Crippen LogP contribution in [0.5, 0.6) is 0 Å². The summed E-state index contributed by atoms with van der Waals surface area (Å²) in [5.41, 5.74) is 6.48. The summed E-state index contributed by atoms with van der Waals surface area (Å²) in [6.45, 7) is 3.84. The second kappa shape index (κ2) is 8.27. The normalized spacial score (nSPS) is 11.2. The maximum Gasteiger partial charge on any atom is 0.189 e. The van der Waals surface area contributed by atoms with Crippen molar-refractivity contribution in [2.45, 2.75) is 6.42 Å². The summed E-state index contributed by atoms with van der Waals surface area (Å²) in [4.78, 5) is 9.07. The number of hydrogen-bond donors (Lipinski definition) is 3. The van der Waals surface area contributed by atoms with Crippen LogP contribution in [0.15, 0.2) is 54.4 Å². The second-order valence-electron chi connectivity index (χ2n) is 7.12. The minimum atomic E-state index is -0.681. The summed E-state index contributed by atoms with van der Waals surface area (Å²) < 4.78 is 29.1. The van der Waals surface area contributed by atoms with E-state index in [1.54, 1.807) is 17.4 Å². The number of nitrogens with one attached hydrogen (secondary N) is 2. The predicted octanol–water partition coefficient (Wildman–Crippen LogP) is 6.45. The largest absolute Gasteiger partial charge is 0.324 e. The summed E-state index contributed by atoms with van der Waals surface area (Å²) in [5, 5.41) is 6.67. The molecule has 5 nitrogen and oxygen atoms in total. The van der Waals surface area contributed by atoms with Crippen LogP contribution in [0.3, 0.4) is 0 Å². The van der Waals surface area contributed by atoms with Crippen LogP contribution in [0, 0.1) is 11.6 Å². The minimum absolute atomic E-state index is 0.140. The first-order valence-corrected chi connectivity index (χ1v) is 11.4. The van der Waals surface area contributed by atoms with Gasteiger partial charge >= 0.3 is 0 Å². The van der Waals surface area contributed by atoms with E-state index in [1.165, 1.54) is 17.4 Å². The van der Waals surface area contributed by atoms with Crippen molar-refractivity contribution < 1.29 is 8.78 Å². The highest BCUT2D eigenvalue weighted by Crippen LogP contribution is 2.33. The van der Waals surface area contributed by atoms with E-state index in [2.05, 4.69) is 22.3 Å². The number of pyridine rings is 1. The zero-order valence-electron chi connectivity index (χ0n) is 16.7. The van der Waals surface area contributed by atoms with Crippen molar-refractivity contribution in [3.8, 4) is 0 Å². The third kappa shape index (κ3) is 3.81. The van der Waals surface area contributed by atoms with Crippen LogP contribution in [0.25, 0.3) is 26.4 Å². The van der Waals surface area contributed by atoms with Crippen LogP contribution in [-0.2, 0) is 6.42 Å². The van der Waals surface area contributed by atoms with Crippen LogP contribution in [0.2, 0.25) is 0 Å². The molecule has 2 aromatic carbocycles. The molecule has 0 spiro atoms. The molecular formula is C23H17F2N5S2. The van der Waals surface area contributed by atoms with Gasteiger partial charge in [0.1, 0.15) is 17.2 Å². The van der Waals surface area contributed by atoms with Gasteiger partial charge in [-0.2, -0.15) is 0 Å². The molecule has 3 heterocycles. The van der Waals surface area contributed by atoms with Gasteiger partial charge in [-0.25, -0.2) is 18.7 Å². The number of thiophene rings is 1. The van der Waals surface area contributed by atoms with Gasteiger partial charge in [0.2, 0.25) is 0 Å². The lowest BCUT2D eigenvalue weighted by Gasteiger charge is -2.10. The average molecular weight is 466 g/mol. The lowest BCUT2D eigenvalue weighted by atomic mass is 10.0. The van der Waals surface area contributed by atoms with E-state index in [9.17, 15) is 8.78 Å². The molecule has 0 atom stereocenters. The molecule has 9 heteroatoms. The number of halogens is 2. The fourth-order valence-corrected chi connectivity index (χ4v) is 5.34. The molecule has 0 fully saturated rings. The number of fused-ring (bicyclic) bond motifs is 2. The number of anilines is 3. The van der Waals surface area contributed by atoms with Crippen molar-refractivity contribution in [2.75, 3.05) is 10.7 Å². The Bertz CT molecular complexity index is 1470. The number of nitrogens with two attached hydrogens (primary N) is 1. The van der Waals surface area contributed by atoms with Gasteiger partial charge in [-0.05, 0) is 52.2 Å². The summed E-state index contributed by atoms with van der Waals surface area (Å²) in [5.74, 6) is 4.85. The Balaban J connectivity index is 1.51. The number of nitrogens with zero attached hydrogens (tertiary/aromatic N) is 2. The lowest BCUT2D eigenvalue weighted by molar-refractivity contribution is 0.591. The van der Waals surface area contributed by atoms with E-state index in [1.807, 2.05) is 35.7 Å². The van der Waals surface area contributed by atoms with E-state index >= 15 is 0 Å². The molecular weight excluding hydrogens is 448 g/mol. The number of rotatable bonds is 6. The molecule has 0 unspecified atom stereocenters. The molecule has 0 saturated heterocycles. The van der Waals surface area contributed by atoms with Gasteiger partial charge in [0, 0.05) is 12.5 Å². The molecule has 3 aromatic heterocycles. The molecule has 0 radical (unpaired) electrons. The van der Waals surface area contributed by atoms with E-state index in [4.69, 9.17) is 10.8 Å². The molecule has 0 aliphatic rings. The monoisotopic (exact) mass is 465 g/mol. The Morgan fingerprint density at radius 2 is 1.97 bits per heavy atom. The third-order valence-corrected chi connectivity index (χ3v) is 6.91. The van der Waals surface area contributed by atoms with Crippen LogP contribution < -0.4 is 16.6 Å². The molecule has 5 rings (SSSR count). The van der Waals surface area contributed by atoms with E-state index in [0.29, 0.717) is 22.1 Å². The van der Waals surface area contributed by atoms with Crippen LogP contribution in [0.4, 0.5) is 25.4 Å². The highest BCUT2D eigenvalue weighted by molar-refractivity contribution is 7.22. The number of hydrazine groups is 1. The quantitative estimate of drug-likeness (QED) is 0.199. The zero-order valence-corrected chi connectivity index (χ0v) is 18.3. The average Bonchev–Trinajstić information content (AvgIpc) is 3.40. The van der Waals surface area contributed by atoms with Crippen molar-refractivity contribution in [2.24, 2.45) is 5.84 Å². The molecule has 0 aliphatic heterocycles. The van der Waals surface area contributed by atoms with Gasteiger partial charge in [0.05, 0.1) is 20.8 Å². The molecule has 0 bridgehead atoms. The third-order valence-electron chi connectivity index (χ3n) is 5.02. The van der Waals surface area contributed by atoms with Crippen molar-refractivity contribution >= 4 is 65.7 Å². The van der Waals surface area contributed by atoms with Gasteiger partial charge < -0.3 is 10.7 Å². The SMILES string of the molecule is C=Cc1cc(Cc2nc(Nc3nc4c(F)cc(F)cc4s3)cc3ccsc23)ccc1NN. The second-order valence-corrected chi connectivity index (χ2v) is 9.07. The maximum atomic E-state index is 14.0. The lowest BCUT2D eigenvalue weighted by Crippen LogP contribution is -2.08. The Labute approximate surface area is 190 Å². The standard InChI is InChI=1S/C23H17F2N5S2/c1-2-13-7-12(3-4-17(13)30-26)8-18-22-14(5-6-31-22)9-20(27-18)28-23-29-21-16(25)10-15(24)11-19(21)32-23/h2-7,9-11,30H,1,8,26H2,(H,27,28,29). The van der Waals surface area contributed by atoms with E-state index in [0.717, 1.165) is 38.7 Å². The van der Waals surface area contributed by atoms with Gasteiger partial charge in [0.25, 0.3) is 0 Å². The topological polar surface area (TPSA) is 75.9 Å². The maximum absolute atomic E-state index is 14.0. The van der Waals surface area contributed by atoms with E-state index in [-0.39, 0.29) is 5.52 Å². The van der Waals surface area contributed by atoms with Gasteiger partial charge in [-0.3, -0.25) is 5.84 Å². The van der Waals surface area contributed by atoms with Crippen molar-refractivity contribution in [3.05, 3.63) is 82.9 Å².